The summed E-state index contributed by atoms with van der Waals surface area (Å²) in [6.45, 7) is 2.15. The fourth-order valence-corrected chi connectivity index (χ4v) is 2.52. The highest BCUT2D eigenvalue weighted by Gasteiger charge is 2.19. The molecule has 0 spiro atoms. The number of piperidine rings is 1. The van der Waals surface area contributed by atoms with E-state index in [1.54, 1.807) is 0 Å². The molecule has 0 unspecified atom stereocenters. The molecular weight excluding hydrogens is 294 g/mol. The van der Waals surface area contributed by atoms with E-state index in [2.05, 4.69) is 27.9 Å². The standard InChI is InChI=1S/C13H18BrN3O/c1-17-6-4-10(5-7-17)18-12-3-2-9(13(15)16)8-11(12)14/h2-3,8,10H,4-7H2,1H3,(H3,15,16). The SMILES string of the molecule is CN1CCC(Oc2ccc(C(=N)N)cc2Br)CC1. The molecule has 1 aliphatic rings. The second-order valence-electron chi connectivity index (χ2n) is 4.68. The Kier molecular flexibility index (Phi) is 4.24. The first-order valence-corrected chi connectivity index (χ1v) is 6.84. The van der Waals surface area contributed by atoms with E-state index < -0.39 is 0 Å². The van der Waals surface area contributed by atoms with E-state index in [0.29, 0.717) is 5.56 Å². The van der Waals surface area contributed by atoms with E-state index in [1.165, 1.54) is 0 Å². The van der Waals surface area contributed by atoms with Crippen molar-refractivity contribution < 1.29 is 4.74 Å². The molecular formula is C13H18BrN3O. The van der Waals surface area contributed by atoms with Crippen molar-refractivity contribution in [2.24, 2.45) is 5.73 Å². The Morgan fingerprint density at radius 3 is 2.67 bits per heavy atom. The monoisotopic (exact) mass is 311 g/mol. The lowest BCUT2D eigenvalue weighted by molar-refractivity contribution is 0.113. The molecule has 5 heteroatoms. The molecule has 98 valence electrons. The second kappa shape index (κ2) is 5.71. The van der Waals surface area contributed by atoms with Crippen LogP contribution in [0.25, 0.3) is 0 Å². The van der Waals surface area contributed by atoms with E-state index >= 15 is 0 Å². The molecule has 4 nitrogen and oxygen atoms in total. The number of benzene rings is 1. The van der Waals surface area contributed by atoms with E-state index in [1.807, 2.05) is 18.2 Å². The van der Waals surface area contributed by atoms with E-state index in [4.69, 9.17) is 15.9 Å². The predicted octanol–water partition coefficient (Wildman–Crippen LogP) is 2.21. The van der Waals surface area contributed by atoms with Crippen molar-refractivity contribution in [3.8, 4) is 5.75 Å². The van der Waals surface area contributed by atoms with Crippen LogP contribution in [0.2, 0.25) is 0 Å². The van der Waals surface area contributed by atoms with Crippen LogP contribution in [0.1, 0.15) is 18.4 Å². The number of rotatable bonds is 3. The van der Waals surface area contributed by atoms with Crippen molar-refractivity contribution in [3.05, 3.63) is 28.2 Å². The minimum Gasteiger partial charge on any atom is -0.489 e. The van der Waals surface area contributed by atoms with Crippen LogP contribution in [0.5, 0.6) is 5.75 Å². The maximum Gasteiger partial charge on any atom is 0.133 e. The van der Waals surface area contributed by atoms with Crippen LogP contribution >= 0.6 is 15.9 Å². The molecule has 1 fully saturated rings. The maximum atomic E-state index is 7.39. The van der Waals surface area contributed by atoms with Crippen molar-refractivity contribution in [3.63, 3.8) is 0 Å². The highest BCUT2D eigenvalue weighted by Crippen LogP contribution is 2.28. The van der Waals surface area contributed by atoms with Crippen LogP contribution in [0.15, 0.2) is 22.7 Å². The molecule has 1 heterocycles. The summed E-state index contributed by atoms with van der Waals surface area (Å²) in [5.74, 6) is 0.899. The Hall–Kier alpha value is -1.07. The Morgan fingerprint density at radius 1 is 1.44 bits per heavy atom. The molecule has 1 aromatic carbocycles. The summed E-state index contributed by atoms with van der Waals surface area (Å²) < 4.78 is 6.84. The van der Waals surface area contributed by atoms with Crippen molar-refractivity contribution in [2.45, 2.75) is 18.9 Å². The summed E-state index contributed by atoms with van der Waals surface area (Å²) in [7, 11) is 2.13. The molecule has 0 bridgehead atoms. The molecule has 0 atom stereocenters. The van der Waals surface area contributed by atoms with Crippen LogP contribution < -0.4 is 10.5 Å². The average Bonchev–Trinajstić information content (AvgIpc) is 2.34. The van der Waals surface area contributed by atoms with E-state index in [0.717, 1.165) is 36.2 Å². The van der Waals surface area contributed by atoms with Gasteiger partial charge in [-0.05, 0) is 54.0 Å². The fourth-order valence-electron chi connectivity index (χ4n) is 2.05. The number of nitrogens with zero attached hydrogens (tertiary/aromatic N) is 1. The Balaban J connectivity index is 2.03. The maximum absolute atomic E-state index is 7.39. The third-order valence-corrected chi connectivity index (χ3v) is 3.82. The number of nitrogens with one attached hydrogen (secondary N) is 1. The zero-order chi connectivity index (χ0) is 13.1. The van der Waals surface area contributed by atoms with Gasteiger partial charge in [-0.2, -0.15) is 0 Å². The van der Waals surface area contributed by atoms with Gasteiger partial charge in [-0.3, -0.25) is 5.41 Å². The summed E-state index contributed by atoms with van der Waals surface area (Å²) in [5.41, 5.74) is 6.15. The number of hydrogen-bond donors (Lipinski definition) is 2. The van der Waals surface area contributed by atoms with Gasteiger partial charge in [-0.25, -0.2) is 0 Å². The van der Waals surface area contributed by atoms with Gasteiger partial charge >= 0.3 is 0 Å². The quantitative estimate of drug-likeness (QED) is 0.664. The third kappa shape index (κ3) is 3.23. The van der Waals surface area contributed by atoms with Crippen LogP contribution in [0, 0.1) is 5.41 Å². The molecule has 0 aliphatic carbocycles. The second-order valence-corrected chi connectivity index (χ2v) is 5.53. The van der Waals surface area contributed by atoms with Crippen molar-refractivity contribution in [1.29, 1.82) is 5.41 Å². The molecule has 1 saturated heterocycles. The molecule has 18 heavy (non-hydrogen) atoms. The lowest BCUT2D eigenvalue weighted by Gasteiger charge is -2.29. The number of nitrogens with two attached hydrogens (primary N) is 1. The van der Waals surface area contributed by atoms with Crippen LogP contribution in [0.4, 0.5) is 0 Å². The van der Waals surface area contributed by atoms with Gasteiger partial charge in [0.25, 0.3) is 0 Å². The van der Waals surface area contributed by atoms with Gasteiger partial charge in [0.15, 0.2) is 0 Å². The van der Waals surface area contributed by atoms with Gasteiger partial charge in [0.05, 0.1) is 4.47 Å². The van der Waals surface area contributed by atoms with Crippen molar-refractivity contribution >= 4 is 21.8 Å². The van der Waals surface area contributed by atoms with Crippen LogP contribution in [-0.2, 0) is 0 Å². The van der Waals surface area contributed by atoms with Crippen LogP contribution in [0.3, 0.4) is 0 Å². The average molecular weight is 312 g/mol. The Morgan fingerprint density at radius 2 is 2.11 bits per heavy atom. The number of ether oxygens (including phenoxy) is 1. The summed E-state index contributed by atoms with van der Waals surface area (Å²) in [6, 6.07) is 5.52. The van der Waals surface area contributed by atoms with Gasteiger partial charge in [-0.15, -0.1) is 0 Å². The number of likely N-dealkylation sites (tertiary alicyclic amines) is 1. The molecule has 2 rings (SSSR count). The smallest absolute Gasteiger partial charge is 0.133 e. The zero-order valence-corrected chi connectivity index (χ0v) is 12.0. The molecule has 3 N–H and O–H groups in total. The lowest BCUT2D eigenvalue weighted by atomic mass is 10.1. The minimum absolute atomic E-state index is 0.0709. The molecule has 0 amide bonds. The van der Waals surface area contributed by atoms with Crippen LogP contribution in [-0.4, -0.2) is 37.0 Å². The van der Waals surface area contributed by atoms with E-state index in [-0.39, 0.29) is 11.9 Å². The lowest BCUT2D eigenvalue weighted by Crippen LogP contribution is -2.35. The first kappa shape index (κ1) is 13.4. The molecule has 0 aromatic heterocycles. The first-order chi connectivity index (χ1) is 8.56. The van der Waals surface area contributed by atoms with E-state index in [9.17, 15) is 0 Å². The minimum atomic E-state index is 0.0709. The zero-order valence-electron chi connectivity index (χ0n) is 10.4. The molecule has 0 saturated carbocycles. The number of hydrogen-bond acceptors (Lipinski definition) is 3. The van der Waals surface area contributed by atoms with Gasteiger partial charge in [0.1, 0.15) is 17.7 Å². The Labute approximate surface area is 116 Å². The normalized spacial score (nSPS) is 17.7. The highest BCUT2D eigenvalue weighted by molar-refractivity contribution is 9.10. The number of halogens is 1. The topological polar surface area (TPSA) is 62.3 Å². The summed E-state index contributed by atoms with van der Waals surface area (Å²) in [4.78, 5) is 2.31. The van der Waals surface area contributed by atoms with Crippen molar-refractivity contribution in [2.75, 3.05) is 20.1 Å². The first-order valence-electron chi connectivity index (χ1n) is 6.05. The van der Waals surface area contributed by atoms with Gasteiger partial charge in [0.2, 0.25) is 0 Å². The largest absolute Gasteiger partial charge is 0.489 e. The summed E-state index contributed by atoms with van der Waals surface area (Å²) in [5, 5.41) is 7.39. The fraction of sp³-hybridized carbons (Fsp3) is 0.462. The number of nitrogen functional groups attached to an aromatic ring is 1. The van der Waals surface area contributed by atoms with Gasteiger partial charge in [0, 0.05) is 18.7 Å². The summed E-state index contributed by atoms with van der Waals surface area (Å²) >= 11 is 3.47. The molecule has 1 aromatic rings. The third-order valence-electron chi connectivity index (χ3n) is 3.20. The van der Waals surface area contributed by atoms with Gasteiger partial charge < -0.3 is 15.4 Å². The molecule has 0 radical (unpaired) electrons. The van der Waals surface area contributed by atoms with Crippen molar-refractivity contribution in [1.82, 2.24) is 4.90 Å². The predicted molar refractivity (Wildman–Crippen MR) is 76.3 cm³/mol. The summed E-state index contributed by atoms with van der Waals surface area (Å²) in [6.07, 6.45) is 2.38. The molecule has 1 aliphatic heterocycles. The van der Waals surface area contributed by atoms with Gasteiger partial charge in [-0.1, -0.05) is 0 Å². The Bertz CT molecular complexity index is 442. The highest BCUT2D eigenvalue weighted by atomic mass is 79.9. The number of amidine groups is 1.